The normalized spacial score (nSPS) is 12.4. The highest BCUT2D eigenvalue weighted by Crippen LogP contribution is 2.17. The number of carbonyl (C=O) groups is 1. The lowest BCUT2D eigenvalue weighted by molar-refractivity contribution is -0.121. The highest BCUT2D eigenvalue weighted by atomic mass is 79.9. The number of H-pyrrole nitrogens is 1. The van der Waals surface area contributed by atoms with E-state index in [1.807, 2.05) is 61.7 Å². The lowest BCUT2D eigenvalue weighted by Crippen LogP contribution is -2.36. The summed E-state index contributed by atoms with van der Waals surface area (Å²) in [6.45, 7) is 1.96. The Balaban J connectivity index is 1.64. The van der Waals surface area contributed by atoms with Crippen molar-refractivity contribution < 1.29 is 4.79 Å². The summed E-state index contributed by atoms with van der Waals surface area (Å²) in [5, 5.41) is 8.39. The van der Waals surface area contributed by atoms with Gasteiger partial charge >= 0.3 is 0 Å². The number of hydrogen-bond acceptors (Lipinski definition) is 3. The second-order valence-electron chi connectivity index (χ2n) is 5.64. The maximum absolute atomic E-state index is 12.3. The van der Waals surface area contributed by atoms with Crippen LogP contribution in [0.4, 0.5) is 5.69 Å². The number of aromatic amines is 1. The second kappa shape index (κ2) is 7.98. The molecule has 0 saturated carbocycles. The van der Waals surface area contributed by atoms with Crippen LogP contribution in [-0.4, -0.2) is 23.1 Å². The summed E-state index contributed by atoms with van der Waals surface area (Å²) in [6, 6.07) is 15.3. The average molecular weight is 399 g/mol. The lowest BCUT2D eigenvalue weighted by Gasteiger charge is -2.16. The number of nitrogens with zero attached hydrogens (tertiary/aromatic N) is 1. The molecule has 0 aliphatic heterocycles. The van der Waals surface area contributed by atoms with Gasteiger partial charge in [-0.15, -0.1) is 0 Å². The third kappa shape index (κ3) is 4.28. The van der Waals surface area contributed by atoms with E-state index in [4.69, 9.17) is 0 Å². The molecule has 3 aromatic rings. The molecule has 25 heavy (non-hydrogen) atoms. The third-order valence-electron chi connectivity index (χ3n) is 3.89. The molecule has 0 aliphatic rings. The number of rotatable bonds is 6. The summed E-state index contributed by atoms with van der Waals surface area (Å²) < 4.78 is 0.963. The number of carbonyl (C=O) groups excluding carboxylic acids is 1. The van der Waals surface area contributed by atoms with Gasteiger partial charge in [0.05, 0.1) is 6.21 Å². The van der Waals surface area contributed by atoms with Crippen molar-refractivity contribution in [3.05, 3.63) is 64.8 Å². The molecule has 0 fully saturated rings. The summed E-state index contributed by atoms with van der Waals surface area (Å²) in [7, 11) is 0. The van der Waals surface area contributed by atoms with Crippen molar-refractivity contribution in [2.45, 2.75) is 19.4 Å². The third-order valence-corrected chi connectivity index (χ3v) is 4.38. The van der Waals surface area contributed by atoms with Crippen molar-refractivity contribution in [1.82, 2.24) is 10.4 Å². The van der Waals surface area contributed by atoms with Gasteiger partial charge in [-0.3, -0.25) is 4.79 Å². The molecule has 0 unspecified atom stereocenters. The van der Waals surface area contributed by atoms with Gasteiger partial charge in [-0.2, -0.15) is 5.10 Å². The van der Waals surface area contributed by atoms with Gasteiger partial charge in [-0.1, -0.05) is 47.1 Å². The van der Waals surface area contributed by atoms with Gasteiger partial charge in [0.1, 0.15) is 6.04 Å². The molecule has 0 spiro atoms. The molecule has 1 amide bonds. The molecule has 3 N–H and O–H groups in total. The fourth-order valence-electron chi connectivity index (χ4n) is 2.58. The van der Waals surface area contributed by atoms with Crippen LogP contribution in [0.2, 0.25) is 0 Å². The number of nitrogens with one attached hydrogen (secondary N) is 3. The molecule has 128 valence electrons. The van der Waals surface area contributed by atoms with Gasteiger partial charge < -0.3 is 10.3 Å². The van der Waals surface area contributed by atoms with Crippen molar-refractivity contribution >= 4 is 44.6 Å². The number of hydrazone groups is 1. The molecule has 1 atom stereocenters. The Morgan fingerprint density at radius 2 is 2.12 bits per heavy atom. The van der Waals surface area contributed by atoms with E-state index in [1.165, 1.54) is 0 Å². The van der Waals surface area contributed by atoms with Crippen molar-refractivity contribution in [1.29, 1.82) is 0 Å². The van der Waals surface area contributed by atoms with Gasteiger partial charge in [0.2, 0.25) is 0 Å². The van der Waals surface area contributed by atoms with Crippen LogP contribution in [-0.2, 0) is 4.79 Å². The van der Waals surface area contributed by atoms with Crippen molar-refractivity contribution in [3.63, 3.8) is 0 Å². The first kappa shape index (κ1) is 17.2. The van der Waals surface area contributed by atoms with E-state index in [0.717, 1.165) is 26.6 Å². The smallest absolute Gasteiger partial charge is 0.262 e. The number of amides is 1. The number of aromatic nitrogens is 1. The highest BCUT2D eigenvalue weighted by molar-refractivity contribution is 9.10. The van der Waals surface area contributed by atoms with Gasteiger partial charge in [0.15, 0.2) is 0 Å². The predicted molar refractivity (Wildman–Crippen MR) is 106 cm³/mol. The van der Waals surface area contributed by atoms with E-state index in [-0.39, 0.29) is 11.9 Å². The van der Waals surface area contributed by atoms with Crippen molar-refractivity contribution in [2.24, 2.45) is 5.10 Å². The maximum Gasteiger partial charge on any atom is 0.262 e. The van der Waals surface area contributed by atoms with Crippen molar-refractivity contribution in [2.75, 3.05) is 5.32 Å². The topological polar surface area (TPSA) is 69.3 Å². The Kier molecular flexibility index (Phi) is 5.50. The monoisotopic (exact) mass is 398 g/mol. The Bertz CT molecular complexity index is 903. The first-order valence-corrected chi connectivity index (χ1v) is 8.88. The Labute approximate surface area is 154 Å². The zero-order chi connectivity index (χ0) is 17.6. The molecule has 5 nitrogen and oxygen atoms in total. The van der Waals surface area contributed by atoms with Crippen molar-refractivity contribution in [3.8, 4) is 0 Å². The average Bonchev–Trinajstić information content (AvgIpc) is 3.03. The molecule has 0 aliphatic carbocycles. The molecule has 0 radical (unpaired) electrons. The lowest BCUT2D eigenvalue weighted by atomic mass is 10.2. The number of para-hydroxylation sites is 1. The van der Waals surface area contributed by atoms with Crippen LogP contribution in [0.15, 0.2) is 64.3 Å². The summed E-state index contributed by atoms with van der Waals surface area (Å²) in [4.78, 5) is 15.5. The van der Waals surface area contributed by atoms with E-state index in [9.17, 15) is 4.79 Å². The molecular formula is C19H19BrN4O. The number of hydrogen-bond donors (Lipinski definition) is 3. The van der Waals surface area contributed by atoms with E-state index in [0.29, 0.717) is 6.42 Å². The van der Waals surface area contributed by atoms with Crippen LogP contribution in [0.3, 0.4) is 0 Å². The largest absolute Gasteiger partial charge is 0.374 e. The quantitative estimate of drug-likeness (QED) is 0.428. The van der Waals surface area contributed by atoms with E-state index >= 15 is 0 Å². The van der Waals surface area contributed by atoms with E-state index in [1.54, 1.807) is 6.21 Å². The molecule has 1 heterocycles. The molecule has 1 aromatic heterocycles. The van der Waals surface area contributed by atoms with Crippen LogP contribution in [0.5, 0.6) is 0 Å². The van der Waals surface area contributed by atoms with Gasteiger partial charge in [0.25, 0.3) is 5.91 Å². The Morgan fingerprint density at radius 3 is 2.92 bits per heavy atom. The number of fused-ring (bicyclic) bond motifs is 1. The van der Waals surface area contributed by atoms with Crippen LogP contribution in [0, 0.1) is 0 Å². The van der Waals surface area contributed by atoms with Crippen LogP contribution < -0.4 is 10.7 Å². The zero-order valence-corrected chi connectivity index (χ0v) is 15.4. The Hall–Kier alpha value is -2.60. The molecule has 0 saturated heterocycles. The number of halogens is 1. The molecule has 2 aromatic carbocycles. The molecule has 6 heteroatoms. The number of anilines is 1. The van der Waals surface area contributed by atoms with E-state index in [2.05, 4.69) is 36.8 Å². The number of benzene rings is 2. The standard InChI is InChI=1S/C19H19BrN4O/c1-2-17(23-15-7-5-6-14(20)10-15)19(25)24-22-12-13-11-21-18-9-4-3-8-16(13)18/h3-12,17,21,23H,2H2,1H3,(H,24,25)/b22-12-/t17-/m0/s1. The van der Waals surface area contributed by atoms with Crippen LogP contribution in [0.1, 0.15) is 18.9 Å². The summed E-state index contributed by atoms with van der Waals surface area (Å²) in [6.07, 6.45) is 4.18. The summed E-state index contributed by atoms with van der Waals surface area (Å²) >= 11 is 3.43. The second-order valence-corrected chi connectivity index (χ2v) is 6.56. The van der Waals surface area contributed by atoms with Crippen LogP contribution >= 0.6 is 15.9 Å². The SMILES string of the molecule is CC[C@H](Nc1cccc(Br)c1)C(=O)N/N=C\c1c[nH]c2ccccc12. The van der Waals surface area contributed by atoms with Gasteiger partial charge in [-0.05, 0) is 30.7 Å². The predicted octanol–water partition coefficient (Wildman–Crippen LogP) is 4.27. The summed E-state index contributed by atoms with van der Waals surface area (Å²) in [5.74, 6) is -0.168. The first-order valence-electron chi connectivity index (χ1n) is 8.08. The minimum Gasteiger partial charge on any atom is -0.374 e. The minimum atomic E-state index is -0.352. The fourth-order valence-corrected chi connectivity index (χ4v) is 2.98. The molecule has 3 rings (SSSR count). The van der Waals surface area contributed by atoms with Gasteiger partial charge in [0, 0.05) is 32.8 Å². The van der Waals surface area contributed by atoms with E-state index < -0.39 is 0 Å². The van der Waals surface area contributed by atoms with Crippen LogP contribution in [0.25, 0.3) is 10.9 Å². The highest BCUT2D eigenvalue weighted by Gasteiger charge is 2.15. The Morgan fingerprint density at radius 1 is 1.28 bits per heavy atom. The zero-order valence-electron chi connectivity index (χ0n) is 13.8. The molecule has 0 bridgehead atoms. The van der Waals surface area contributed by atoms with Gasteiger partial charge in [-0.25, -0.2) is 5.43 Å². The maximum atomic E-state index is 12.3. The minimum absolute atomic E-state index is 0.168. The molecular weight excluding hydrogens is 380 g/mol. The fraction of sp³-hybridized carbons (Fsp3) is 0.158. The first-order chi connectivity index (χ1) is 12.2. The summed E-state index contributed by atoms with van der Waals surface area (Å²) in [5.41, 5.74) is 5.47.